The highest BCUT2D eigenvalue weighted by Crippen LogP contribution is 2.22. The van der Waals surface area contributed by atoms with Gasteiger partial charge in [0, 0.05) is 11.0 Å². The summed E-state index contributed by atoms with van der Waals surface area (Å²) < 4.78 is 3.39. The molecule has 2 rings (SSSR count). The zero-order valence-corrected chi connectivity index (χ0v) is 14.1. The Labute approximate surface area is 131 Å². The minimum atomic E-state index is -0.337. The topological polar surface area (TPSA) is 49.8 Å². The van der Waals surface area contributed by atoms with Gasteiger partial charge in [-0.15, -0.1) is 0 Å². The molecule has 1 atom stereocenters. The van der Waals surface area contributed by atoms with Crippen LogP contribution in [0.15, 0.2) is 22.7 Å². The summed E-state index contributed by atoms with van der Waals surface area (Å²) in [5, 5.41) is 2.94. The summed E-state index contributed by atoms with van der Waals surface area (Å²) in [7, 11) is 0. The standard InChI is InChI=1S/C14H18BrN3OS/c1-8(2)7-16-13(19)9(3)18-12-5-4-10(15)6-11(12)17-14(18)20/h4-6,8-9H,7H2,1-3H3,(H,16,19)(H,17,20). The number of hydrogen-bond donors (Lipinski definition) is 2. The molecule has 0 aliphatic rings. The summed E-state index contributed by atoms with van der Waals surface area (Å²) in [5.74, 6) is 0.414. The number of benzene rings is 1. The van der Waals surface area contributed by atoms with E-state index in [4.69, 9.17) is 12.2 Å². The molecule has 1 aromatic heterocycles. The van der Waals surface area contributed by atoms with Crippen molar-refractivity contribution in [2.75, 3.05) is 6.54 Å². The molecule has 0 bridgehead atoms. The van der Waals surface area contributed by atoms with Gasteiger partial charge in [0.15, 0.2) is 4.77 Å². The molecular formula is C14H18BrN3OS. The van der Waals surface area contributed by atoms with Gasteiger partial charge < -0.3 is 14.9 Å². The van der Waals surface area contributed by atoms with Crippen molar-refractivity contribution in [1.82, 2.24) is 14.9 Å². The van der Waals surface area contributed by atoms with E-state index in [-0.39, 0.29) is 11.9 Å². The second kappa shape index (κ2) is 6.10. The zero-order chi connectivity index (χ0) is 14.9. The molecule has 20 heavy (non-hydrogen) atoms. The number of carbonyl (C=O) groups is 1. The Kier molecular flexibility index (Phi) is 4.65. The van der Waals surface area contributed by atoms with E-state index in [1.165, 1.54) is 0 Å². The number of imidazole rings is 1. The maximum atomic E-state index is 12.2. The number of amides is 1. The summed E-state index contributed by atoms with van der Waals surface area (Å²) in [6.45, 7) is 6.67. The number of H-pyrrole nitrogens is 1. The zero-order valence-electron chi connectivity index (χ0n) is 11.7. The molecule has 4 nitrogen and oxygen atoms in total. The number of fused-ring (bicyclic) bond motifs is 1. The van der Waals surface area contributed by atoms with E-state index in [1.807, 2.05) is 29.7 Å². The van der Waals surface area contributed by atoms with Crippen LogP contribution in [-0.2, 0) is 4.79 Å². The van der Waals surface area contributed by atoms with Crippen LogP contribution in [-0.4, -0.2) is 22.0 Å². The van der Waals surface area contributed by atoms with Crippen molar-refractivity contribution in [3.8, 4) is 0 Å². The van der Waals surface area contributed by atoms with E-state index in [2.05, 4.69) is 40.1 Å². The average Bonchev–Trinajstić information content (AvgIpc) is 2.69. The minimum Gasteiger partial charge on any atom is -0.354 e. The van der Waals surface area contributed by atoms with Crippen LogP contribution in [0.5, 0.6) is 0 Å². The summed E-state index contributed by atoms with van der Waals surface area (Å²) in [6.07, 6.45) is 0. The number of nitrogens with one attached hydrogen (secondary N) is 2. The fourth-order valence-electron chi connectivity index (χ4n) is 2.06. The van der Waals surface area contributed by atoms with Gasteiger partial charge in [0.2, 0.25) is 5.91 Å². The number of aromatic nitrogens is 2. The largest absolute Gasteiger partial charge is 0.354 e. The predicted octanol–water partition coefficient (Wildman–Crippen LogP) is 3.79. The molecule has 1 unspecified atom stereocenters. The lowest BCUT2D eigenvalue weighted by atomic mass is 10.2. The number of aromatic amines is 1. The van der Waals surface area contributed by atoms with Gasteiger partial charge in [-0.3, -0.25) is 4.79 Å². The van der Waals surface area contributed by atoms with Crippen LogP contribution in [0.4, 0.5) is 0 Å². The van der Waals surface area contributed by atoms with Crippen molar-refractivity contribution in [1.29, 1.82) is 0 Å². The Hall–Kier alpha value is -1.14. The molecule has 0 fully saturated rings. The first-order valence-corrected chi connectivity index (χ1v) is 7.77. The van der Waals surface area contributed by atoms with Crippen molar-refractivity contribution in [2.24, 2.45) is 5.92 Å². The van der Waals surface area contributed by atoms with Crippen molar-refractivity contribution in [2.45, 2.75) is 26.8 Å². The summed E-state index contributed by atoms with van der Waals surface area (Å²) >= 11 is 8.77. The molecule has 2 N–H and O–H groups in total. The van der Waals surface area contributed by atoms with Gasteiger partial charge in [-0.05, 0) is 43.3 Å². The molecule has 2 aromatic rings. The molecule has 0 saturated carbocycles. The van der Waals surface area contributed by atoms with E-state index in [1.54, 1.807) is 0 Å². The highest BCUT2D eigenvalue weighted by molar-refractivity contribution is 9.10. The number of rotatable bonds is 4. The summed E-state index contributed by atoms with van der Waals surface area (Å²) in [6, 6.07) is 5.52. The number of carbonyl (C=O) groups excluding carboxylic acids is 1. The van der Waals surface area contributed by atoms with E-state index in [0.29, 0.717) is 17.2 Å². The second-order valence-corrected chi connectivity index (χ2v) is 6.58. The van der Waals surface area contributed by atoms with Crippen molar-refractivity contribution >= 4 is 45.1 Å². The lowest BCUT2D eigenvalue weighted by Crippen LogP contribution is -2.33. The first kappa shape index (κ1) is 15.3. The monoisotopic (exact) mass is 355 g/mol. The highest BCUT2D eigenvalue weighted by atomic mass is 79.9. The molecular weight excluding hydrogens is 338 g/mol. The molecule has 1 heterocycles. The van der Waals surface area contributed by atoms with Crippen LogP contribution in [0.2, 0.25) is 0 Å². The molecule has 1 amide bonds. The van der Waals surface area contributed by atoms with E-state index < -0.39 is 0 Å². The normalized spacial score (nSPS) is 12.8. The van der Waals surface area contributed by atoms with Crippen LogP contribution in [0.3, 0.4) is 0 Å². The Morgan fingerprint density at radius 1 is 1.45 bits per heavy atom. The fourth-order valence-corrected chi connectivity index (χ4v) is 2.78. The lowest BCUT2D eigenvalue weighted by Gasteiger charge is -2.15. The average molecular weight is 356 g/mol. The molecule has 0 spiro atoms. The van der Waals surface area contributed by atoms with E-state index in [0.717, 1.165) is 15.5 Å². The Morgan fingerprint density at radius 2 is 2.15 bits per heavy atom. The van der Waals surface area contributed by atoms with Gasteiger partial charge >= 0.3 is 0 Å². The van der Waals surface area contributed by atoms with Crippen molar-refractivity contribution in [3.05, 3.63) is 27.4 Å². The van der Waals surface area contributed by atoms with Gasteiger partial charge in [-0.25, -0.2) is 0 Å². The SMILES string of the molecule is CC(C)CNC(=O)C(C)n1c(=S)[nH]c2cc(Br)ccc21. The number of hydrogen-bond acceptors (Lipinski definition) is 2. The quantitative estimate of drug-likeness (QED) is 0.819. The molecule has 6 heteroatoms. The van der Waals surface area contributed by atoms with Gasteiger partial charge in [0.1, 0.15) is 6.04 Å². The molecule has 1 aromatic carbocycles. The molecule has 108 valence electrons. The van der Waals surface area contributed by atoms with Crippen LogP contribution in [0, 0.1) is 10.7 Å². The predicted molar refractivity (Wildman–Crippen MR) is 87.4 cm³/mol. The maximum Gasteiger partial charge on any atom is 0.242 e. The molecule has 0 saturated heterocycles. The lowest BCUT2D eigenvalue weighted by molar-refractivity contribution is -0.123. The van der Waals surface area contributed by atoms with Gasteiger partial charge in [0.05, 0.1) is 11.0 Å². The minimum absolute atomic E-state index is 0.0152. The second-order valence-electron chi connectivity index (χ2n) is 5.28. The Morgan fingerprint density at radius 3 is 2.80 bits per heavy atom. The highest BCUT2D eigenvalue weighted by Gasteiger charge is 2.18. The van der Waals surface area contributed by atoms with E-state index >= 15 is 0 Å². The van der Waals surface area contributed by atoms with Gasteiger partial charge in [-0.1, -0.05) is 29.8 Å². The maximum absolute atomic E-state index is 12.2. The summed E-state index contributed by atoms with van der Waals surface area (Å²) in [4.78, 5) is 15.3. The molecule has 0 aliphatic heterocycles. The molecule has 0 aliphatic carbocycles. The van der Waals surface area contributed by atoms with Crippen LogP contribution >= 0.6 is 28.1 Å². The number of nitrogens with zero attached hydrogens (tertiary/aromatic N) is 1. The third kappa shape index (κ3) is 3.12. The first-order valence-electron chi connectivity index (χ1n) is 6.57. The Bertz CT molecular complexity index is 689. The third-order valence-corrected chi connectivity index (χ3v) is 3.92. The number of halogens is 1. The smallest absolute Gasteiger partial charge is 0.242 e. The van der Waals surface area contributed by atoms with Crippen molar-refractivity contribution in [3.63, 3.8) is 0 Å². The summed E-state index contributed by atoms with van der Waals surface area (Å²) in [5.41, 5.74) is 1.86. The van der Waals surface area contributed by atoms with Crippen LogP contribution in [0.1, 0.15) is 26.8 Å². The molecule has 0 radical (unpaired) electrons. The third-order valence-electron chi connectivity index (χ3n) is 3.13. The Balaban J connectivity index is 2.34. The van der Waals surface area contributed by atoms with Crippen LogP contribution in [0.25, 0.3) is 11.0 Å². The van der Waals surface area contributed by atoms with Gasteiger partial charge in [0.25, 0.3) is 0 Å². The van der Waals surface area contributed by atoms with Crippen molar-refractivity contribution < 1.29 is 4.79 Å². The van der Waals surface area contributed by atoms with Gasteiger partial charge in [-0.2, -0.15) is 0 Å². The van der Waals surface area contributed by atoms with Crippen LogP contribution < -0.4 is 5.32 Å². The fraction of sp³-hybridized carbons (Fsp3) is 0.429. The van der Waals surface area contributed by atoms with E-state index in [9.17, 15) is 4.79 Å². The first-order chi connectivity index (χ1) is 9.40.